The molecular formula is C13H9N3O. The van der Waals surface area contributed by atoms with E-state index in [1.54, 1.807) is 16.6 Å². The van der Waals surface area contributed by atoms with E-state index in [-0.39, 0.29) is 0 Å². The summed E-state index contributed by atoms with van der Waals surface area (Å²) in [6, 6.07) is 15.0. The Morgan fingerprint density at radius 2 is 1.82 bits per heavy atom. The van der Waals surface area contributed by atoms with E-state index in [4.69, 9.17) is 0 Å². The van der Waals surface area contributed by atoms with Crippen LogP contribution in [-0.4, -0.2) is 20.9 Å². The van der Waals surface area contributed by atoms with E-state index < -0.39 is 0 Å². The molecule has 4 heteroatoms. The second-order valence-electron chi connectivity index (χ2n) is 3.64. The van der Waals surface area contributed by atoms with Gasteiger partial charge in [0.25, 0.3) is 0 Å². The third-order valence-electron chi connectivity index (χ3n) is 2.54. The van der Waals surface area contributed by atoms with Crippen LogP contribution in [0.15, 0.2) is 48.5 Å². The highest BCUT2D eigenvalue weighted by Crippen LogP contribution is 2.15. The molecule has 2 heterocycles. The zero-order valence-corrected chi connectivity index (χ0v) is 8.95. The van der Waals surface area contributed by atoms with Gasteiger partial charge in [-0.2, -0.15) is 0 Å². The van der Waals surface area contributed by atoms with E-state index in [1.165, 1.54) is 0 Å². The SMILES string of the molecule is O=Cc1cccc2nc(-c3ccccc3)nn12. The summed E-state index contributed by atoms with van der Waals surface area (Å²) in [5, 5.41) is 4.33. The number of hydrogen-bond acceptors (Lipinski definition) is 3. The van der Waals surface area contributed by atoms with Crippen LogP contribution in [0.4, 0.5) is 0 Å². The van der Waals surface area contributed by atoms with Crippen LogP contribution in [0.2, 0.25) is 0 Å². The first-order valence-electron chi connectivity index (χ1n) is 5.25. The van der Waals surface area contributed by atoms with Crippen LogP contribution < -0.4 is 0 Å². The van der Waals surface area contributed by atoms with Crippen LogP contribution in [0, 0.1) is 0 Å². The molecule has 3 rings (SSSR count). The first-order valence-corrected chi connectivity index (χ1v) is 5.25. The summed E-state index contributed by atoms with van der Waals surface area (Å²) in [6.45, 7) is 0. The van der Waals surface area contributed by atoms with Crippen LogP contribution in [0.25, 0.3) is 17.0 Å². The lowest BCUT2D eigenvalue weighted by Gasteiger charge is -1.93. The summed E-state index contributed by atoms with van der Waals surface area (Å²) >= 11 is 0. The van der Waals surface area contributed by atoms with Crippen LogP contribution in [0.3, 0.4) is 0 Å². The molecule has 0 unspecified atom stereocenters. The van der Waals surface area contributed by atoms with Crippen molar-refractivity contribution in [1.29, 1.82) is 0 Å². The smallest absolute Gasteiger partial charge is 0.182 e. The average molecular weight is 223 g/mol. The minimum atomic E-state index is 0.497. The molecule has 0 saturated carbocycles. The molecule has 0 aliphatic heterocycles. The third-order valence-corrected chi connectivity index (χ3v) is 2.54. The number of carbonyl (C=O) groups excluding carboxylic acids is 1. The Hall–Kier alpha value is -2.49. The van der Waals surface area contributed by atoms with Crippen LogP contribution in [0.1, 0.15) is 10.5 Å². The zero-order valence-electron chi connectivity index (χ0n) is 8.95. The maximum atomic E-state index is 10.9. The lowest BCUT2D eigenvalue weighted by molar-refractivity contribution is 0.111. The second kappa shape index (κ2) is 3.83. The normalized spacial score (nSPS) is 10.6. The predicted molar refractivity (Wildman–Crippen MR) is 63.8 cm³/mol. The molecule has 0 radical (unpaired) electrons. The molecule has 0 spiro atoms. The van der Waals surface area contributed by atoms with Gasteiger partial charge in [0.2, 0.25) is 0 Å². The van der Waals surface area contributed by atoms with E-state index in [9.17, 15) is 4.79 Å². The molecule has 4 nitrogen and oxygen atoms in total. The lowest BCUT2D eigenvalue weighted by Crippen LogP contribution is -1.95. The molecular weight excluding hydrogens is 214 g/mol. The van der Waals surface area contributed by atoms with Crippen molar-refractivity contribution in [3.8, 4) is 11.4 Å². The molecule has 0 N–H and O–H groups in total. The second-order valence-corrected chi connectivity index (χ2v) is 3.64. The van der Waals surface area contributed by atoms with Gasteiger partial charge in [0.05, 0.1) is 0 Å². The lowest BCUT2D eigenvalue weighted by atomic mass is 10.2. The van der Waals surface area contributed by atoms with Crippen molar-refractivity contribution in [1.82, 2.24) is 14.6 Å². The number of benzene rings is 1. The largest absolute Gasteiger partial charge is 0.296 e. The Bertz CT molecular complexity index is 673. The Morgan fingerprint density at radius 1 is 1.00 bits per heavy atom. The Morgan fingerprint density at radius 3 is 2.59 bits per heavy atom. The van der Waals surface area contributed by atoms with Gasteiger partial charge in [-0.1, -0.05) is 36.4 Å². The summed E-state index contributed by atoms with van der Waals surface area (Å²) in [5.41, 5.74) is 2.11. The first-order chi connectivity index (χ1) is 8.38. The standard InChI is InChI=1S/C13H9N3O/c17-9-11-7-4-8-12-14-13(15-16(11)12)10-5-2-1-3-6-10/h1-9H. The fourth-order valence-electron chi connectivity index (χ4n) is 1.72. The third kappa shape index (κ3) is 1.59. The van der Waals surface area contributed by atoms with Crippen molar-refractivity contribution in [2.24, 2.45) is 0 Å². The number of carbonyl (C=O) groups is 1. The quantitative estimate of drug-likeness (QED) is 0.626. The van der Waals surface area contributed by atoms with Crippen LogP contribution >= 0.6 is 0 Å². The van der Waals surface area contributed by atoms with Crippen molar-refractivity contribution in [3.05, 3.63) is 54.2 Å². The first kappa shape index (κ1) is 9.72. The van der Waals surface area contributed by atoms with Crippen molar-refractivity contribution >= 4 is 11.9 Å². The monoisotopic (exact) mass is 223 g/mol. The van der Waals surface area contributed by atoms with Gasteiger partial charge in [0, 0.05) is 5.56 Å². The number of hydrogen-bond donors (Lipinski definition) is 0. The molecule has 0 atom stereocenters. The molecule has 0 amide bonds. The van der Waals surface area contributed by atoms with Gasteiger partial charge in [-0.15, -0.1) is 5.10 Å². The molecule has 0 fully saturated rings. The van der Waals surface area contributed by atoms with Gasteiger partial charge in [0.15, 0.2) is 17.8 Å². The minimum absolute atomic E-state index is 0.497. The number of nitrogens with zero attached hydrogens (tertiary/aromatic N) is 3. The van der Waals surface area contributed by atoms with Crippen molar-refractivity contribution in [2.45, 2.75) is 0 Å². The van der Waals surface area contributed by atoms with Crippen molar-refractivity contribution in [3.63, 3.8) is 0 Å². The summed E-state index contributed by atoms with van der Waals surface area (Å²) in [4.78, 5) is 15.3. The van der Waals surface area contributed by atoms with Gasteiger partial charge >= 0.3 is 0 Å². The minimum Gasteiger partial charge on any atom is -0.296 e. The predicted octanol–water partition coefficient (Wildman–Crippen LogP) is 2.21. The maximum Gasteiger partial charge on any atom is 0.182 e. The van der Waals surface area contributed by atoms with Crippen molar-refractivity contribution in [2.75, 3.05) is 0 Å². The van der Waals surface area contributed by atoms with E-state index >= 15 is 0 Å². The Balaban J connectivity index is 2.24. The van der Waals surface area contributed by atoms with E-state index in [0.717, 1.165) is 11.8 Å². The summed E-state index contributed by atoms with van der Waals surface area (Å²) in [6.07, 6.45) is 0.774. The van der Waals surface area contributed by atoms with Gasteiger partial charge < -0.3 is 0 Å². The molecule has 0 bridgehead atoms. The average Bonchev–Trinajstić information content (AvgIpc) is 2.83. The van der Waals surface area contributed by atoms with E-state index in [1.807, 2.05) is 36.4 Å². The number of rotatable bonds is 2. The van der Waals surface area contributed by atoms with E-state index in [0.29, 0.717) is 17.2 Å². The maximum absolute atomic E-state index is 10.9. The molecule has 0 aliphatic carbocycles. The molecule has 0 aliphatic rings. The zero-order chi connectivity index (χ0) is 11.7. The number of pyridine rings is 1. The number of aromatic nitrogens is 3. The van der Waals surface area contributed by atoms with E-state index in [2.05, 4.69) is 10.1 Å². The molecule has 0 saturated heterocycles. The summed E-state index contributed by atoms with van der Waals surface area (Å²) in [5.74, 6) is 0.625. The fraction of sp³-hybridized carbons (Fsp3) is 0. The van der Waals surface area contributed by atoms with Gasteiger partial charge in [-0.05, 0) is 12.1 Å². The molecule has 2 aromatic heterocycles. The van der Waals surface area contributed by atoms with Gasteiger partial charge in [-0.3, -0.25) is 4.79 Å². The van der Waals surface area contributed by atoms with Crippen molar-refractivity contribution < 1.29 is 4.79 Å². The fourth-order valence-corrected chi connectivity index (χ4v) is 1.72. The molecule has 1 aromatic carbocycles. The number of aldehydes is 1. The highest BCUT2D eigenvalue weighted by atomic mass is 16.1. The molecule has 3 aromatic rings. The summed E-state index contributed by atoms with van der Waals surface area (Å²) in [7, 11) is 0. The van der Waals surface area contributed by atoms with Gasteiger partial charge in [0.1, 0.15) is 5.69 Å². The Labute approximate surface area is 97.5 Å². The molecule has 17 heavy (non-hydrogen) atoms. The van der Waals surface area contributed by atoms with Crippen LogP contribution in [0.5, 0.6) is 0 Å². The van der Waals surface area contributed by atoms with Crippen LogP contribution in [-0.2, 0) is 0 Å². The molecule has 82 valence electrons. The van der Waals surface area contributed by atoms with Gasteiger partial charge in [-0.25, -0.2) is 9.50 Å². The summed E-state index contributed by atoms with van der Waals surface area (Å²) < 4.78 is 1.55. The number of fused-ring (bicyclic) bond motifs is 1. The highest BCUT2D eigenvalue weighted by molar-refractivity contribution is 5.74. The topological polar surface area (TPSA) is 47.3 Å². The highest BCUT2D eigenvalue weighted by Gasteiger charge is 2.07. The Kier molecular flexibility index (Phi) is 2.19.